The van der Waals surface area contributed by atoms with Crippen molar-refractivity contribution in [2.75, 3.05) is 0 Å². The first kappa shape index (κ1) is 5.87. The summed E-state index contributed by atoms with van der Waals surface area (Å²) in [6.45, 7) is 0. The SMILES string of the molecule is N#CC1(c2cscn2)CC1. The molecular weight excluding hydrogens is 144 g/mol. The summed E-state index contributed by atoms with van der Waals surface area (Å²) in [5, 5.41) is 10.7. The van der Waals surface area contributed by atoms with E-state index in [1.807, 2.05) is 5.38 Å². The highest BCUT2D eigenvalue weighted by Gasteiger charge is 2.46. The molecule has 0 atom stereocenters. The third-order valence-electron chi connectivity index (χ3n) is 1.89. The first-order valence-electron chi connectivity index (χ1n) is 3.17. The molecule has 2 rings (SSSR count). The largest absolute Gasteiger partial charge is 0.248 e. The van der Waals surface area contributed by atoms with Crippen molar-refractivity contribution in [3.8, 4) is 6.07 Å². The number of rotatable bonds is 1. The normalized spacial score (nSPS) is 19.9. The van der Waals surface area contributed by atoms with Crippen molar-refractivity contribution < 1.29 is 0 Å². The average molecular weight is 150 g/mol. The molecule has 3 heteroatoms. The predicted octanol–water partition coefficient (Wildman–Crippen LogP) is 1.70. The van der Waals surface area contributed by atoms with Crippen LogP contribution in [0.15, 0.2) is 10.9 Å². The van der Waals surface area contributed by atoms with Gasteiger partial charge in [0, 0.05) is 5.38 Å². The number of hydrogen-bond acceptors (Lipinski definition) is 3. The molecule has 0 amide bonds. The van der Waals surface area contributed by atoms with Crippen LogP contribution >= 0.6 is 11.3 Å². The lowest BCUT2D eigenvalue weighted by Crippen LogP contribution is -2.01. The smallest absolute Gasteiger partial charge is 0.100 e. The van der Waals surface area contributed by atoms with Crippen molar-refractivity contribution >= 4 is 11.3 Å². The van der Waals surface area contributed by atoms with Gasteiger partial charge in [0.1, 0.15) is 5.41 Å². The maximum absolute atomic E-state index is 8.74. The minimum absolute atomic E-state index is 0.181. The lowest BCUT2D eigenvalue weighted by molar-refractivity contribution is 0.867. The maximum atomic E-state index is 8.74. The zero-order valence-electron chi connectivity index (χ0n) is 5.37. The van der Waals surface area contributed by atoms with Gasteiger partial charge >= 0.3 is 0 Å². The summed E-state index contributed by atoms with van der Waals surface area (Å²) in [5.74, 6) is 0. The predicted molar refractivity (Wildman–Crippen MR) is 38.6 cm³/mol. The summed E-state index contributed by atoms with van der Waals surface area (Å²) in [6.07, 6.45) is 1.99. The Hall–Kier alpha value is -0.880. The summed E-state index contributed by atoms with van der Waals surface area (Å²) >= 11 is 1.56. The molecular formula is C7H6N2S. The van der Waals surface area contributed by atoms with Gasteiger partial charge in [-0.25, -0.2) is 4.98 Å². The molecule has 0 bridgehead atoms. The number of hydrogen-bond donors (Lipinski definition) is 0. The van der Waals surface area contributed by atoms with Crippen LogP contribution in [-0.2, 0) is 5.41 Å². The zero-order chi connectivity index (χ0) is 7.03. The van der Waals surface area contributed by atoms with E-state index in [4.69, 9.17) is 5.26 Å². The van der Waals surface area contributed by atoms with Crippen molar-refractivity contribution in [2.45, 2.75) is 18.3 Å². The van der Waals surface area contributed by atoms with Crippen LogP contribution < -0.4 is 0 Å². The third kappa shape index (κ3) is 0.659. The lowest BCUT2D eigenvalue weighted by Gasteiger charge is -1.96. The monoisotopic (exact) mass is 150 g/mol. The Morgan fingerprint density at radius 2 is 2.50 bits per heavy atom. The van der Waals surface area contributed by atoms with E-state index in [1.54, 1.807) is 16.8 Å². The molecule has 2 nitrogen and oxygen atoms in total. The molecule has 1 fully saturated rings. The van der Waals surface area contributed by atoms with Crippen molar-refractivity contribution in [1.82, 2.24) is 4.98 Å². The molecule has 0 saturated heterocycles. The van der Waals surface area contributed by atoms with Gasteiger partial charge in [0.15, 0.2) is 0 Å². The Morgan fingerprint density at radius 3 is 2.90 bits per heavy atom. The van der Waals surface area contributed by atoms with E-state index in [0.29, 0.717) is 0 Å². The molecule has 0 radical (unpaired) electrons. The van der Waals surface area contributed by atoms with Crippen LogP contribution in [0.5, 0.6) is 0 Å². The topological polar surface area (TPSA) is 36.7 Å². The highest BCUT2D eigenvalue weighted by molar-refractivity contribution is 7.07. The Morgan fingerprint density at radius 1 is 1.70 bits per heavy atom. The molecule has 0 unspecified atom stereocenters. The standard InChI is InChI=1S/C7H6N2S/c8-4-7(1-2-7)6-3-10-5-9-6/h3,5H,1-2H2. The lowest BCUT2D eigenvalue weighted by atomic mass is 10.1. The van der Waals surface area contributed by atoms with E-state index in [-0.39, 0.29) is 5.41 Å². The van der Waals surface area contributed by atoms with E-state index in [0.717, 1.165) is 18.5 Å². The molecule has 1 aromatic heterocycles. The Labute approximate surface area is 63.1 Å². The van der Waals surface area contributed by atoms with E-state index < -0.39 is 0 Å². The van der Waals surface area contributed by atoms with E-state index >= 15 is 0 Å². The number of nitriles is 1. The van der Waals surface area contributed by atoms with Crippen molar-refractivity contribution in [3.05, 3.63) is 16.6 Å². The number of nitrogens with zero attached hydrogens (tertiary/aromatic N) is 2. The van der Waals surface area contributed by atoms with E-state index in [1.165, 1.54) is 0 Å². The van der Waals surface area contributed by atoms with Crippen molar-refractivity contribution in [1.29, 1.82) is 5.26 Å². The Kier molecular flexibility index (Phi) is 1.06. The van der Waals surface area contributed by atoms with Gasteiger partial charge in [-0.2, -0.15) is 5.26 Å². The van der Waals surface area contributed by atoms with Crippen LogP contribution in [0.1, 0.15) is 18.5 Å². The van der Waals surface area contributed by atoms with Gasteiger partial charge in [0.2, 0.25) is 0 Å². The average Bonchev–Trinajstić information content (AvgIpc) is 2.58. The number of thiazole rings is 1. The van der Waals surface area contributed by atoms with Crippen LogP contribution in [0.3, 0.4) is 0 Å². The summed E-state index contributed by atoms with van der Waals surface area (Å²) in [4.78, 5) is 4.12. The molecule has 1 heterocycles. The fourth-order valence-electron chi connectivity index (χ4n) is 0.999. The number of aromatic nitrogens is 1. The molecule has 50 valence electrons. The summed E-state index contributed by atoms with van der Waals surface area (Å²) in [7, 11) is 0. The van der Waals surface area contributed by atoms with Gasteiger partial charge in [0.05, 0.1) is 17.3 Å². The molecule has 1 aliphatic rings. The second-order valence-corrected chi connectivity index (χ2v) is 3.29. The van der Waals surface area contributed by atoms with Crippen LogP contribution in [0, 0.1) is 11.3 Å². The second-order valence-electron chi connectivity index (χ2n) is 2.57. The van der Waals surface area contributed by atoms with Crippen LogP contribution in [0.4, 0.5) is 0 Å². The Bertz CT molecular complexity index is 266. The van der Waals surface area contributed by atoms with E-state index in [2.05, 4.69) is 11.1 Å². The molecule has 1 aliphatic carbocycles. The third-order valence-corrected chi connectivity index (χ3v) is 2.47. The molecule has 0 N–H and O–H groups in total. The van der Waals surface area contributed by atoms with Gasteiger partial charge in [-0.05, 0) is 12.8 Å². The summed E-state index contributed by atoms with van der Waals surface area (Å²) < 4.78 is 0. The fraction of sp³-hybridized carbons (Fsp3) is 0.429. The van der Waals surface area contributed by atoms with Gasteiger partial charge in [-0.1, -0.05) is 0 Å². The molecule has 0 spiro atoms. The van der Waals surface area contributed by atoms with Gasteiger partial charge in [0.25, 0.3) is 0 Å². The van der Waals surface area contributed by atoms with Crippen LogP contribution in [0.2, 0.25) is 0 Å². The van der Waals surface area contributed by atoms with Crippen molar-refractivity contribution in [2.24, 2.45) is 0 Å². The highest BCUT2D eigenvalue weighted by Crippen LogP contribution is 2.46. The van der Waals surface area contributed by atoms with Gasteiger partial charge in [-0.3, -0.25) is 0 Å². The van der Waals surface area contributed by atoms with E-state index in [9.17, 15) is 0 Å². The summed E-state index contributed by atoms with van der Waals surface area (Å²) in [5.41, 5.74) is 2.58. The van der Waals surface area contributed by atoms with Gasteiger partial charge in [-0.15, -0.1) is 11.3 Å². The molecule has 0 aromatic carbocycles. The highest BCUT2D eigenvalue weighted by atomic mass is 32.1. The quantitative estimate of drug-likeness (QED) is 0.611. The van der Waals surface area contributed by atoms with Crippen LogP contribution in [-0.4, -0.2) is 4.98 Å². The molecule has 1 saturated carbocycles. The second kappa shape index (κ2) is 1.80. The zero-order valence-corrected chi connectivity index (χ0v) is 6.19. The van der Waals surface area contributed by atoms with Crippen molar-refractivity contribution in [3.63, 3.8) is 0 Å². The molecule has 10 heavy (non-hydrogen) atoms. The Balaban J connectivity index is 2.38. The summed E-state index contributed by atoms with van der Waals surface area (Å²) in [6, 6.07) is 2.30. The maximum Gasteiger partial charge on any atom is 0.100 e. The molecule has 1 aromatic rings. The minimum Gasteiger partial charge on any atom is -0.248 e. The van der Waals surface area contributed by atoms with Gasteiger partial charge < -0.3 is 0 Å². The fourth-order valence-corrected chi connectivity index (χ4v) is 1.65. The molecule has 0 aliphatic heterocycles. The first-order valence-corrected chi connectivity index (χ1v) is 4.12. The minimum atomic E-state index is -0.181. The van der Waals surface area contributed by atoms with Crippen LogP contribution in [0.25, 0.3) is 0 Å². The first-order chi connectivity index (χ1) is 4.87.